The van der Waals surface area contributed by atoms with Crippen LogP contribution in [-0.4, -0.2) is 39.7 Å². The van der Waals surface area contributed by atoms with Crippen LogP contribution >= 0.6 is 11.6 Å². The number of hydrogen-bond donors (Lipinski definition) is 1. The first-order valence-electron chi connectivity index (χ1n) is 10.1. The predicted octanol–water partition coefficient (Wildman–Crippen LogP) is 5.21. The average Bonchev–Trinajstić information content (AvgIpc) is 3.05. The fraction of sp³-hybridized carbons (Fsp3) is 0.304. The number of carbonyl (C=O) groups is 1. The van der Waals surface area contributed by atoms with Crippen LogP contribution < -0.4 is 14.2 Å². The molecule has 0 spiro atoms. The lowest BCUT2D eigenvalue weighted by Gasteiger charge is -2.26. The van der Waals surface area contributed by atoms with Gasteiger partial charge in [-0.3, -0.25) is 0 Å². The molecule has 0 fully saturated rings. The summed E-state index contributed by atoms with van der Waals surface area (Å²) in [6.45, 7) is 0.0379. The van der Waals surface area contributed by atoms with E-state index in [0.29, 0.717) is 29.2 Å². The lowest BCUT2D eigenvalue weighted by molar-refractivity contribution is -0.156. The Kier molecular flexibility index (Phi) is 7.43. The Morgan fingerprint density at radius 3 is 2.52 bits per heavy atom. The van der Waals surface area contributed by atoms with E-state index in [2.05, 4.69) is 9.84 Å². The third-order valence-corrected chi connectivity index (χ3v) is 5.25. The fourth-order valence-corrected chi connectivity index (χ4v) is 3.46. The highest BCUT2D eigenvalue weighted by atomic mass is 35.5. The van der Waals surface area contributed by atoms with Gasteiger partial charge in [0.15, 0.2) is 0 Å². The van der Waals surface area contributed by atoms with Crippen LogP contribution in [0.25, 0.3) is 11.3 Å². The summed E-state index contributed by atoms with van der Waals surface area (Å²) in [4.78, 5) is 11.9. The van der Waals surface area contributed by atoms with E-state index in [9.17, 15) is 18.7 Å². The molecular weight excluding hydrogens is 458 g/mol. The van der Waals surface area contributed by atoms with Crippen LogP contribution in [0.4, 0.5) is 8.78 Å². The molecule has 0 bridgehead atoms. The number of halogens is 3. The quantitative estimate of drug-likeness (QED) is 0.429. The number of alkyl halides is 2. The molecule has 10 heteroatoms. The summed E-state index contributed by atoms with van der Waals surface area (Å²) < 4.78 is 42.4. The second-order valence-electron chi connectivity index (χ2n) is 7.38. The van der Waals surface area contributed by atoms with Gasteiger partial charge >= 0.3 is 12.6 Å². The Bertz CT molecular complexity index is 1120. The van der Waals surface area contributed by atoms with Gasteiger partial charge in [-0.1, -0.05) is 36.7 Å². The largest absolute Gasteiger partial charge is 0.489 e. The number of aromatic nitrogens is 2. The number of aliphatic carboxylic acids is 1. The van der Waals surface area contributed by atoms with Crippen molar-refractivity contribution in [2.45, 2.75) is 32.5 Å². The van der Waals surface area contributed by atoms with Crippen molar-refractivity contribution in [1.82, 2.24) is 9.78 Å². The summed E-state index contributed by atoms with van der Waals surface area (Å²) in [7, 11) is 1.45. The molecular formula is C23H23ClF2N2O5. The van der Waals surface area contributed by atoms with Crippen LogP contribution in [-0.2, 0) is 18.3 Å². The van der Waals surface area contributed by atoms with Gasteiger partial charge in [-0.25, -0.2) is 9.48 Å². The SMILES string of the molecule is CCc1cc(OCC(C)(Oc2ccccc2)C(=O)O)ccc1-c1nn(C)c(OC(F)F)c1Cl. The second kappa shape index (κ2) is 10.1. The molecule has 7 nitrogen and oxygen atoms in total. The van der Waals surface area contributed by atoms with E-state index in [4.69, 9.17) is 21.1 Å². The lowest BCUT2D eigenvalue weighted by Crippen LogP contribution is -2.47. The van der Waals surface area contributed by atoms with Crippen LogP contribution in [0.2, 0.25) is 5.02 Å². The number of rotatable bonds is 10. The first kappa shape index (κ1) is 24.3. The highest BCUT2D eigenvalue weighted by Crippen LogP contribution is 2.38. The molecule has 0 aliphatic heterocycles. The third kappa shape index (κ3) is 5.54. The Balaban J connectivity index is 1.83. The summed E-state index contributed by atoms with van der Waals surface area (Å²) in [5, 5.41) is 13.9. The number of ether oxygens (including phenoxy) is 3. The fourth-order valence-electron chi connectivity index (χ4n) is 3.16. The van der Waals surface area contributed by atoms with Crippen LogP contribution in [0.3, 0.4) is 0 Å². The molecule has 0 saturated heterocycles. The van der Waals surface area contributed by atoms with Gasteiger partial charge in [-0.15, -0.1) is 0 Å². The molecule has 0 aliphatic carbocycles. The number of nitrogens with zero attached hydrogens (tertiary/aromatic N) is 2. The van der Waals surface area contributed by atoms with E-state index in [1.807, 2.05) is 6.92 Å². The van der Waals surface area contributed by atoms with Gasteiger partial charge in [-0.2, -0.15) is 13.9 Å². The first-order chi connectivity index (χ1) is 15.6. The van der Waals surface area contributed by atoms with Crippen molar-refractivity contribution in [1.29, 1.82) is 0 Å². The van der Waals surface area contributed by atoms with Crippen molar-refractivity contribution in [2.24, 2.45) is 7.05 Å². The van der Waals surface area contributed by atoms with Crippen LogP contribution in [0.15, 0.2) is 48.5 Å². The maximum Gasteiger partial charge on any atom is 0.388 e. The van der Waals surface area contributed by atoms with Crippen molar-refractivity contribution < 1.29 is 32.9 Å². The average molecular weight is 481 g/mol. The monoisotopic (exact) mass is 480 g/mol. The van der Waals surface area contributed by atoms with Gasteiger partial charge in [0.05, 0.1) is 0 Å². The van der Waals surface area contributed by atoms with Crippen LogP contribution in [0, 0.1) is 0 Å². The molecule has 1 N–H and O–H groups in total. The van der Waals surface area contributed by atoms with Crippen molar-refractivity contribution in [3.8, 4) is 28.6 Å². The summed E-state index contributed by atoms with van der Waals surface area (Å²) in [5.74, 6) is -0.595. The molecule has 3 aromatic rings. The number of hydrogen-bond acceptors (Lipinski definition) is 5. The van der Waals surface area contributed by atoms with Crippen molar-refractivity contribution in [3.63, 3.8) is 0 Å². The molecule has 1 heterocycles. The number of aryl methyl sites for hydroxylation is 2. The summed E-state index contributed by atoms with van der Waals surface area (Å²) in [6.07, 6.45) is 0.557. The van der Waals surface area contributed by atoms with Gasteiger partial charge in [0.1, 0.15) is 28.8 Å². The van der Waals surface area contributed by atoms with E-state index >= 15 is 0 Å². The summed E-state index contributed by atoms with van der Waals surface area (Å²) in [6, 6.07) is 13.6. The van der Waals surface area contributed by atoms with Gasteiger partial charge in [0, 0.05) is 12.6 Å². The molecule has 2 aromatic carbocycles. The highest BCUT2D eigenvalue weighted by Gasteiger charge is 2.37. The van der Waals surface area contributed by atoms with Crippen molar-refractivity contribution >= 4 is 17.6 Å². The Labute approximate surface area is 194 Å². The molecule has 0 radical (unpaired) electrons. The number of carboxylic acid groups (broad SMARTS) is 1. The Hall–Kier alpha value is -3.33. The lowest BCUT2D eigenvalue weighted by atomic mass is 10.0. The first-order valence-corrected chi connectivity index (χ1v) is 10.4. The normalized spacial score (nSPS) is 12.9. The standard InChI is InChI=1S/C23H23ClF2N2O5/c1-4-14-12-16(31-13-23(2,21(29)30)33-15-8-6-5-7-9-15)10-11-17(14)19-18(24)20(28(3)27-19)32-22(25)26/h5-12,22H,4,13H2,1-3H3,(H,29,30). The van der Waals surface area contributed by atoms with Gasteiger partial charge in [-0.05, 0) is 49.2 Å². The molecule has 33 heavy (non-hydrogen) atoms. The zero-order valence-electron chi connectivity index (χ0n) is 18.2. The summed E-state index contributed by atoms with van der Waals surface area (Å²) in [5.41, 5.74) is 0.0623. The zero-order valence-corrected chi connectivity index (χ0v) is 19.0. The molecule has 0 amide bonds. The van der Waals surface area contributed by atoms with Crippen molar-refractivity contribution in [3.05, 3.63) is 59.1 Å². The molecule has 1 aromatic heterocycles. The third-order valence-electron chi connectivity index (χ3n) is 4.91. The number of benzene rings is 2. The molecule has 176 valence electrons. The molecule has 3 rings (SSSR count). The maximum absolute atomic E-state index is 12.7. The minimum absolute atomic E-state index is 0.0316. The predicted molar refractivity (Wildman–Crippen MR) is 118 cm³/mol. The zero-order chi connectivity index (χ0) is 24.2. The topological polar surface area (TPSA) is 82.8 Å². The van der Waals surface area contributed by atoms with Crippen LogP contribution in [0.5, 0.6) is 17.4 Å². The van der Waals surface area contributed by atoms with E-state index in [-0.39, 0.29) is 17.5 Å². The Morgan fingerprint density at radius 1 is 1.21 bits per heavy atom. The number of para-hydroxylation sites is 1. The second-order valence-corrected chi connectivity index (χ2v) is 7.76. The van der Waals surface area contributed by atoms with E-state index < -0.39 is 18.2 Å². The highest BCUT2D eigenvalue weighted by molar-refractivity contribution is 6.34. The Morgan fingerprint density at radius 2 is 1.91 bits per heavy atom. The van der Waals surface area contributed by atoms with Gasteiger partial charge in [0.2, 0.25) is 11.5 Å². The number of carboxylic acids is 1. The smallest absolute Gasteiger partial charge is 0.388 e. The van der Waals surface area contributed by atoms with Crippen molar-refractivity contribution in [2.75, 3.05) is 6.61 Å². The van der Waals surface area contributed by atoms with E-state index in [0.717, 1.165) is 10.2 Å². The minimum atomic E-state index is -3.03. The summed E-state index contributed by atoms with van der Waals surface area (Å²) >= 11 is 6.26. The van der Waals surface area contributed by atoms with Gasteiger partial charge < -0.3 is 19.3 Å². The maximum atomic E-state index is 12.7. The molecule has 0 saturated carbocycles. The minimum Gasteiger partial charge on any atom is -0.489 e. The molecule has 0 aliphatic rings. The van der Waals surface area contributed by atoms with E-state index in [1.54, 1.807) is 48.5 Å². The van der Waals surface area contributed by atoms with E-state index in [1.165, 1.54) is 14.0 Å². The molecule has 1 atom stereocenters. The molecule has 1 unspecified atom stereocenters. The van der Waals surface area contributed by atoms with Gasteiger partial charge in [0.25, 0.3) is 0 Å². The van der Waals surface area contributed by atoms with Crippen LogP contribution in [0.1, 0.15) is 19.4 Å².